The Balaban J connectivity index is 1.50. The number of nitrogens with zero attached hydrogens (tertiary/aromatic N) is 3. The number of likely N-dealkylation sites (tertiary alicyclic amines) is 2. The van der Waals surface area contributed by atoms with Crippen LogP contribution in [0.5, 0.6) is 11.5 Å². The molecule has 10 nitrogen and oxygen atoms in total. The number of carboxylic acids is 1. The molecule has 294 valence electrons. The quantitative estimate of drug-likeness (QED) is 0.182. The summed E-state index contributed by atoms with van der Waals surface area (Å²) in [7, 11) is 0. The van der Waals surface area contributed by atoms with Crippen molar-refractivity contribution >= 4 is 29.1 Å². The lowest BCUT2D eigenvalue weighted by atomic mass is 9.78. The van der Waals surface area contributed by atoms with Gasteiger partial charge in [0.1, 0.15) is 22.1 Å². The number of ether oxygens (including phenoxy) is 2. The fraction of sp³-hybridized carbons (Fsp3) is 0.514. The standard InChI is InChI=1S/C37H41F6N3O7S/c1-3-8-28-35(53-24-21-29(54-22-24)37(41,42)43,13-7-17-46(28)31(47)30-26(36(38,39)40)10-6-16-44-30)33(50)45-18-14-34(51,15-19-45)25-9-4-5-11-27(25)52-20-12-23(2)32(48)49/h4-6,9-11,16,21-23,28,51H,3,7-8,12-15,17-20H2,1-2H3,(H,48,49)/t23?,28-,35+/m1/s1/i12D2,20D2,23D. The molecule has 2 fully saturated rings. The van der Waals surface area contributed by atoms with Crippen molar-refractivity contribution in [3.05, 3.63) is 75.7 Å². The van der Waals surface area contributed by atoms with Crippen molar-refractivity contribution in [3.63, 3.8) is 0 Å². The first-order valence-corrected chi connectivity index (χ1v) is 17.8. The first-order valence-electron chi connectivity index (χ1n) is 19.4. The molecule has 3 atom stereocenters. The molecule has 2 amide bonds. The lowest BCUT2D eigenvalue weighted by Crippen LogP contribution is -2.68. The minimum atomic E-state index is -4.98. The van der Waals surface area contributed by atoms with E-state index < -0.39 is 82.3 Å². The van der Waals surface area contributed by atoms with Crippen LogP contribution in [0.3, 0.4) is 0 Å². The van der Waals surface area contributed by atoms with Gasteiger partial charge in [-0.3, -0.25) is 19.4 Å². The minimum absolute atomic E-state index is 0.0145. The predicted molar refractivity (Wildman–Crippen MR) is 184 cm³/mol. The van der Waals surface area contributed by atoms with Gasteiger partial charge in [0.2, 0.25) is 5.60 Å². The number of benzene rings is 1. The van der Waals surface area contributed by atoms with Crippen LogP contribution in [0.4, 0.5) is 26.3 Å². The van der Waals surface area contributed by atoms with Crippen LogP contribution in [0.2, 0.25) is 0 Å². The van der Waals surface area contributed by atoms with Crippen LogP contribution in [0.25, 0.3) is 0 Å². The van der Waals surface area contributed by atoms with E-state index in [1.165, 1.54) is 29.2 Å². The number of amides is 2. The number of hydrogen-bond acceptors (Lipinski definition) is 8. The monoisotopic (exact) mass is 790 g/mol. The second kappa shape index (κ2) is 16.2. The third-order valence-electron chi connectivity index (χ3n) is 9.50. The summed E-state index contributed by atoms with van der Waals surface area (Å²) in [5, 5.41) is 22.5. The summed E-state index contributed by atoms with van der Waals surface area (Å²) in [6.07, 6.45) is -12.7. The van der Waals surface area contributed by atoms with Crippen LogP contribution in [0.1, 0.15) is 92.1 Å². The molecule has 3 aromatic rings. The van der Waals surface area contributed by atoms with Gasteiger partial charge in [-0.25, -0.2) is 0 Å². The summed E-state index contributed by atoms with van der Waals surface area (Å²) in [6.45, 7) is -1.76. The predicted octanol–water partition coefficient (Wildman–Crippen LogP) is 7.40. The number of carbonyl (C=O) groups is 3. The number of aliphatic hydroxyl groups is 1. The van der Waals surface area contributed by atoms with E-state index in [9.17, 15) is 50.9 Å². The van der Waals surface area contributed by atoms with E-state index in [0.717, 1.165) is 22.5 Å². The number of rotatable bonds is 12. The van der Waals surface area contributed by atoms with Crippen molar-refractivity contribution in [2.75, 3.05) is 26.2 Å². The fourth-order valence-corrected chi connectivity index (χ4v) is 7.52. The molecule has 2 aliphatic heterocycles. The number of para-hydroxylation sites is 1. The zero-order valence-electron chi connectivity index (χ0n) is 34.1. The average molecular weight is 791 g/mol. The number of hydrogen-bond donors (Lipinski definition) is 2. The molecule has 54 heavy (non-hydrogen) atoms. The van der Waals surface area contributed by atoms with E-state index in [1.807, 2.05) is 0 Å². The third-order valence-corrected chi connectivity index (χ3v) is 10.5. The first-order chi connectivity index (χ1) is 27.2. The molecular formula is C37H41F6N3O7S. The molecule has 5 rings (SSSR count). The molecule has 2 saturated heterocycles. The Morgan fingerprint density at radius 2 is 1.78 bits per heavy atom. The first kappa shape index (κ1) is 34.1. The second-order valence-electron chi connectivity index (χ2n) is 13.0. The molecule has 0 radical (unpaired) electrons. The normalized spacial score (nSPS) is 23.5. The molecule has 2 aromatic heterocycles. The van der Waals surface area contributed by atoms with E-state index in [1.54, 1.807) is 6.92 Å². The average Bonchev–Trinajstić information content (AvgIpc) is 3.64. The van der Waals surface area contributed by atoms with E-state index >= 15 is 0 Å². The van der Waals surface area contributed by atoms with Crippen molar-refractivity contribution in [1.82, 2.24) is 14.8 Å². The molecule has 0 saturated carbocycles. The maximum atomic E-state index is 14.9. The van der Waals surface area contributed by atoms with Gasteiger partial charge in [-0.05, 0) is 50.3 Å². The SMILES string of the molecule is [2H]C([2H])(Oc1ccccc1C1(O)CCN(C(=O)[C@]2(Oc3csc(C(F)(F)F)c3)CCCN(C(=O)c3ncccc3C(F)(F)F)[C@@H]2CCC)CC1)C([2H])([2H])C([2H])(C)C(=O)O. The number of piperidine rings is 2. The van der Waals surface area contributed by atoms with Gasteiger partial charge in [0.05, 0.1) is 32.4 Å². The summed E-state index contributed by atoms with van der Waals surface area (Å²) in [4.78, 5) is 45.7. The number of carbonyl (C=O) groups excluding carboxylic acids is 2. The third kappa shape index (κ3) is 8.61. The Morgan fingerprint density at radius 3 is 2.41 bits per heavy atom. The summed E-state index contributed by atoms with van der Waals surface area (Å²) in [6, 6.07) is 6.47. The highest BCUT2D eigenvalue weighted by Gasteiger charge is 2.57. The number of alkyl halides is 6. The van der Waals surface area contributed by atoms with Gasteiger partial charge in [-0.2, -0.15) is 26.3 Å². The fourth-order valence-electron chi connectivity index (χ4n) is 6.84. The lowest BCUT2D eigenvalue weighted by Gasteiger charge is -2.51. The Hall–Kier alpha value is -4.38. The molecule has 0 spiro atoms. The van der Waals surface area contributed by atoms with Crippen molar-refractivity contribution in [1.29, 1.82) is 0 Å². The van der Waals surface area contributed by atoms with Crippen LogP contribution < -0.4 is 9.47 Å². The van der Waals surface area contributed by atoms with Crippen molar-refractivity contribution in [3.8, 4) is 11.5 Å². The van der Waals surface area contributed by atoms with Crippen LogP contribution >= 0.6 is 11.3 Å². The van der Waals surface area contributed by atoms with E-state index in [-0.39, 0.29) is 75.2 Å². The highest BCUT2D eigenvalue weighted by Crippen LogP contribution is 2.44. The second-order valence-corrected chi connectivity index (χ2v) is 13.9. The van der Waals surface area contributed by atoms with Gasteiger partial charge in [0, 0.05) is 53.4 Å². The van der Waals surface area contributed by atoms with Crippen LogP contribution in [0.15, 0.2) is 54.0 Å². The zero-order valence-corrected chi connectivity index (χ0v) is 29.9. The Kier molecular flexibility index (Phi) is 10.2. The van der Waals surface area contributed by atoms with Gasteiger partial charge >= 0.3 is 18.3 Å². The molecule has 1 aromatic carbocycles. The maximum Gasteiger partial charge on any atom is 0.425 e. The minimum Gasteiger partial charge on any atom is -0.493 e. The Morgan fingerprint density at radius 1 is 1.07 bits per heavy atom. The molecular weight excluding hydrogens is 744 g/mol. The zero-order chi connectivity index (χ0) is 44.0. The van der Waals surface area contributed by atoms with Crippen molar-refractivity contribution in [2.45, 2.75) is 88.3 Å². The number of pyridine rings is 1. The number of thiophene rings is 1. The van der Waals surface area contributed by atoms with Gasteiger partial charge in [0.25, 0.3) is 11.8 Å². The summed E-state index contributed by atoms with van der Waals surface area (Å²) in [5.41, 5.74) is -6.34. The van der Waals surface area contributed by atoms with Gasteiger partial charge in [-0.15, -0.1) is 11.3 Å². The van der Waals surface area contributed by atoms with Gasteiger partial charge < -0.3 is 29.5 Å². The number of aliphatic carboxylic acids is 1. The number of halogens is 6. The maximum absolute atomic E-state index is 14.9. The van der Waals surface area contributed by atoms with Crippen molar-refractivity contribution < 1.29 is 67.3 Å². The molecule has 0 aliphatic carbocycles. The summed E-state index contributed by atoms with van der Waals surface area (Å²) < 4.78 is 136. The summed E-state index contributed by atoms with van der Waals surface area (Å²) in [5.74, 6) is -7.71. The highest BCUT2D eigenvalue weighted by atomic mass is 32.1. The summed E-state index contributed by atoms with van der Waals surface area (Å²) >= 11 is 0.296. The Labute approximate surface area is 318 Å². The largest absolute Gasteiger partial charge is 0.493 e. The molecule has 17 heteroatoms. The van der Waals surface area contributed by atoms with Crippen molar-refractivity contribution in [2.24, 2.45) is 5.89 Å². The van der Waals surface area contributed by atoms with Gasteiger partial charge in [0.15, 0.2) is 0 Å². The van der Waals surface area contributed by atoms with Crippen LogP contribution in [-0.4, -0.2) is 80.6 Å². The smallest absolute Gasteiger partial charge is 0.425 e. The number of carboxylic acid groups (broad SMARTS) is 1. The topological polar surface area (TPSA) is 130 Å². The molecule has 2 N–H and O–H groups in total. The highest BCUT2D eigenvalue weighted by molar-refractivity contribution is 7.10. The molecule has 0 bridgehead atoms. The van der Waals surface area contributed by atoms with Crippen LogP contribution in [0, 0.1) is 5.89 Å². The van der Waals surface area contributed by atoms with Crippen LogP contribution in [-0.2, 0) is 27.5 Å². The lowest BCUT2D eigenvalue weighted by molar-refractivity contribution is -0.163. The number of aromatic nitrogens is 1. The van der Waals surface area contributed by atoms with Gasteiger partial charge in [-0.1, -0.05) is 38.5 Å². The Bertz CT molecular complexity index is 2040. The molecule has 1 unspecified atom stereocenters. The molecule has 2 aliphatic rings. The molecule has 4 heterocycles. The van der Waals surface area contributed by atoms with E-state index in [2.05, 4.69) is 4.98 Å². The van der Waals surface area contributed by atoms with E-state index in [0.29, 0.717) is 30.4 Å². The van der Waals surface area contributed by atoms with E-state index in [4.69, 9.17) is 16.3 Å².